The molecule has 1 aliphatic heterocycles. The second kappa shape index (κ2) is 17.7. The fourth-order valence-corrected chi connectivity index (χ4v) is 6.43. The molecule has 284 valence electrons. The van der Waals surface area contributed by atoms with Crippen LogP contribution in [0.1, 0.15) is 45.6 Å². The van der Waals surface area contributed by atoms with Crippen molar-refractivity contribution >= 4 is 35.4 Å². The van der Waals surface area contributed by atoms with Crippen LogP contribution in [-0.4, -0.2) is 80.2 Å². The number of aromatic carboxylic acids is 1. The van der Waals surface area contributed by atoms with Crippen LogP contribution in [0.25, 0.3) is 0 Å². The molecule has 0 aromatic heterocycles. The summed E-state index contributed by atoms with van der Waals surface area (Å²) in [5.41, 5.74) is 2.47. The maximum Gasteiger partial charge on any atom is 0.339 e. The summed E-state index contributed by atoms with van der Waals surface area (Å²) in [5, 5.41) is 13.0. The van der Waals surface area contributed by atoms with Gasteiger partial charge >= 0.3 is 12.0 Å². The number of urea groups is 1. The number of carbonyl (C=O) groups is 4. The van der Waals surface area contributed by atoms with Crippen molar-refractivity contribution in [3.63, 3.8) is 0 Å². The Hall–Kier alpha value is -5.95. The number of imide groups is 1. The van der Waals surface area contributed by atoms with Gasteiger partial charge in [0.15, 0.2) is 0 Å². The topological polar surface area (TPSA) is 153 Å². The highest BCUT2D eigenvalue weighted by atomic mass is 35.5. The molecule has 4 aromatic carbocycles. The third-order valence-electron chi connectivity index (χ3n) is 9.14. The molecule has 1 saturated heterocycles. The first-order valence-electron chi connectivity index (χ1n) is 17.0. The number of carbonyl (C=O) groups excluding carboxylic acids is 3. The summed E-state index contributed by atoms with van der Waals surface area (Å²) in [5.74, 6) is -1.23. The molecule has 1 heterocycles. The Bertz CT molecular complexity index is 1980. The Balaban J connectivity index is 1.44. The van der Waals surface area contributed by atoms with Crippen molar-refractivity contribution in [1.82, 2.24) is 15.1 Å². The summed E-state index contributed by atoms with van der Waals surface area (Å²) in [6.07, 6.45) is 0.0985. The predicted octanol–water partition coefficient (Wildman–Crippen LogP) is 6.15. The molecule has 2 N–H and O–H groups in total. The number of halogens is 1. The summed E-state index contributed by atoms with van der Waals surface area (Å²) >= 11 is 6.34. The van der Waals surface area contributed by atoms with E-state index >= 15 is 0 Å². The normalized spacial score (nSPS) is 14.9. The summed E-state index contributed by atoms with van der Waals surface area (Å²) in [6.45, 7) is 1.20. The third-order valence-corrected chi connectivity index (χ3v) is 9.37. The van der Waals surface area contributed by atoms with E-state index < -0.39 is 42.3 Å². The second-order valence-electron chi connectivity index (χ2n) is 12.6. The number of hydrogen-bond donors (Lipinski definition) is 2. The zero-order valence-electron chi connectivity index (χ0n) is 30.6. The number of nitrogens with one attached hydrogen (secondary N) is 1. The van der Waals surface area contributed by atoms with Crippen LogP contribution in [0.2, 0.25) is 5.02 Å². The standard InChI is InChI=1S/C40H42ClN3O10/c1-24(26-11-13-31(39(47)48)36(17-26)54-23-25-9-7-6-8-10-25)42-40(49)44-22-37(45)43(21-32-34(52-4)18-30(50-2)19-35(32)53-5)20-28(38(44)46)15-27-16-29(41)12-14-33(27)51-3/h6-14,16-19,24,28H,15,20-23H2,1-5H3,(H,42,49)(H,47,48)/t24-,28-/m1/s1. The molecule has 4 amide bonds. The van der Waals surface area contributed by atoms with E-state index in [2.05, 4.69) is 5.32 Å². The molecule has 0 radical (unpaired) electrons. The second-order valence-corrected chi connectivity index (χ2v) is 13.0. The van der Waals surface area contributed by atoms with Crippen LogP contribution in [0.4, 0.5) is 4.79 Å². The molecule has 1 fully saturated rings. The quantitative estimate of drug-likeness (QED) is 0.153. The van der Waals surface area contributed by atoms with Gasteiger partial charge in [-0.3, -0.25) is 14.5 Å². The van der Waals surface area contributed by atoms with Gasteiger partial charge in [0.05, 0.1) is 52.5 Å². The van der Waals surface area contributed by atoms with Crippen LogP contribution < -0.4 is 29.0 Å². The summed E-state index contributed by atoms with van der Waals surface area (Å²) in [4.78, 5) is 56.7. The Morgan fingerprint density at radius 1 is 0.870 bits per heavy atom. The number of carboxylic acid groups (broad SMARTS) is 1. The zero-order chi connectivity index (χ0) is 38.9. The highest BCUT2D eigenvalue weighted by Crippen LogP contribution is 2.36. The lowest BCUT2D eigenvalue weighted by molar-refractivity contribution is -0.135. The number of rotatable bonds is 14. The van der Waals surface area contributed by atoms with Gasteiger partial charge in [-0.2, -0.15) is 0 Å². The molecule has 0 unspecified atom stereocenters. The zero-order valence-corrected chi connectivity index (χ0v) is 31.3. The number of benzene rings is 4. The minimum absolute atomic E-state index is 0.000812. The van der Waals surface area contributed by atoms with Gasteiger partial charge < -0.3 is 39.0 Å². The van der Waals surface area contributed by atoms with Crippen LogP contribution >= 0.6 is 11.6 Å². The summed E-state index contributed by atoms with van der Waals surface area (Å²) in [7, 11) is 5.99. The lowest BCUT2D eigenvalue weighted by Gasteiger charge is -2.26. The smallest absolute Gasteiger partial charge is 0.339 e. The molecule has 13 nitrogen and oxygen atoms in total. The van der Waals surface area contributed by atoms with Gasteiger partial charge in [0.2, 0.25) is 11.8 Å². The van der Waals surface area contributed by atoms with E-state index in [1.165, 1.54) is 39.4 Å². The van der Waals surface area contributed by atoms with Crippen molar-refractivity contribution in [3.8, 4) is 28.7 Å². The van der Waals surface area contributed by atoms with Crippen LogP contribution in [0.15, 0.2) is 78.9 Å². The van der Waals surface area contributed by atoms with Gasteiger partial charge in [0, 0.05) is 23.7 Å². The Morgan fingerprint density at radius 2 is 1.56 bits per heavy atom. The number of amides is 4. The molecule has 4 aromatic rings. The number of carboxylic acids is 1. The SMILES string of the molecule is COc1cc(OC)c(CN2C[C@@H](Cc3cc(Cl)ccc3OC)C(=O)N(C(=O)N[C@H](C)c3ccc(C(=O)O)c(OCc4ccccc4)c3)CC2=O)c(OC)c1. The lowest BCUT2D eigenvalue weighted by Crippen LogP contribution is -2.48. The minimum Gasteiger partial charge on any atom is -0.496 e. The van der Waals surface area contributed by atoms with Crippen molar-refractivity contribution < 1.29 is 48.0 Å². The predicted molar refractivity (Wildman–Crippen MR) is 200 cm³/mol. The third kappa shape index (κ3) is 9.15. The highest BCUT2D eigenvalue weighted by molar-refractivity contribution is 6.30. The van der Waals surface area contributed by atoms with Gasteiger partial charge in [-0.15, -0.1) is 0 Å². The van der Waals surface area contributed by atoms with E-state index in [-0.39, 0.29) is 37.4 Å². The van der Waals surface area contributed by atoms with Crippen LogP contribution in [-0.2, 0) is 29.2 Å². The Kier molecular flexibility index (Phi) is 12.9. The molecular formula is C40H42ClN3O10. The molecule has 5 rings (SSSR count). The first-order chi connectivity index (χ1) is 26.0. The van der Waals surface area contributed by atoms with Gasteiger partial charge in [0.1, 0.15) is 47.5 Å². The molecule has 2 atom stereocenters. The first-order valence-corrected chi connectivity index (χ1v) is 17.4. The van der Waals surface area contributed by atoms with Crippen molar-refractivity contribution in [3.05, 3.63) is 112 Å². The van der Waals surface area contributed by atoms with Crippen molar-refractivity contribution in [2.75, 3.05) is 41.5 Å². The summed E-state index contributed by atoms with van der Waals surface area (Å²) < 4.78 is 28.1. The average Bonchev–Trinajstić information content (AvgIpc) is 3.29. The molecule has 1 aliphatic rings. The van der Waals surface area contributed by atoms with E-state index in [0.717, 1.165) is 10.5 Å². The van der Waals surface area contributed by atoms with E-state index in [1.807, 2.05) is 30.3 Å². The van der Waals surface area contributed by atoms with Gasteiger partial charge in [-0.05, 0) is 60.4 Å². The molecule has 0 bridgehead atoms. The lowest BCUT2D eigenvalue weighted by atomic mass is 9.96. The van der Waals surface area contributed by atoms with Gasteiger partial charge in [0.25, 0.3) is 0 Å². The largest absolute Gasteiger partial charge is 0.496 e. The molecule has 14 heteroatoms. The van der Waals surface area contributed by atoms with Crippen LogP contribution in [0.5, 0.6) is 28.7 Å². The molecule has 54 heavy (non-hydrogen) atoms. The average molecular weight is 760 g/mol. The maximum absolute atomic E-state index is 14.3. The van der Waals surface area contributed by atoms with Gasteiger partial charge in [-0.25, -0.2) is 9.59 Å². The molecule has 0 spiro atoms. The summed E-state index contributed by atoms with van der Waals surface area (Å²) in [6, 6.07) is 20.6. The fraction of sp³-hybridized carbons (Fsp3) is 0.300. The fourth-order valence-electron chi connectivity index (χ4n) is 6.24. The number of hydrogen-bond acceptors (Lipinski definition) is 9. The molecule has 0 saturated carbocycles. The first kappa shape index (κ1) is 39.3. The van der Waals surface area contributed by atoms with Crippen LogP contribution in [0.3, 0.4) is 0 Å². The maximum atomic E-state index is 14.3. The molecule has 0 aliphatic carbocycles. The number of ether oxygens (including phenoxy) is 5. The number of nitrogens with zero attached hydrogens (tertiary/aromatic N) is 2. The number of methoxy groups -OCH3 is 4. The van der Waals surface area contributed by atoms with Crippen molar-refractivity contribution in [2.45, 2.75) is 32.5 Å². The van der Waals surface area contributed by atoms with E-state index in [9.17, 15) is 24.3 Å². The molecular weight excluding hydrogens is 718 g/mol. The van der Waals surface area contributed by atoms with Crippen molar-refractivity contribution in [1.29, 1.82) is 0 Å². The Labute approximate surface area is 318 Å². The van der Waals surface area contributed by atoms with Crippen molar-refractivity contribution in [2.24, 2.45) is 5.92 Å². The minimum atomic E-state index is -1.17. The van der Waals surface area contributed by atoms with Gasteiger partial charge in [-0.1, -0.05) is 48.0 Å². The van der Waals surface area contributed by atoms with Crippen LogP contribution in [0, 0.1) is 5.92 Å². The monoisotopic (exact) mass is 759 g/mol. The van der Waals surface area contributed by atoms with E-state index in [1.54, 1.807) is 49.4 Å². The van der Waals surface area contributed by atoms with E-state index in [0.29, 0.717) is 44.7 Å². The van der Waals surface area contributed by atoms with E-state index in [4.69, 9.17) is 35.3 Å². The highest BCUT2D eigenvalue weighted by Gasteiger charge is 2.39. The Morgan fingerprint density at radius 3 is 2.19 bits per heavy atom.